The molecule has 0 spiro atoms. The van der Waals surface area contributed by atoms with Crippen molar-refractivity contribution in [3.63, 3.8) is 0 Å². The molecule has 1 unspecified atom stereocenters. The van der Waals surface area contributed by atoms with Crippen LogP contribution in [0.3, 0.4) is 0 Å². The number of nitrogens with zero attached hydrogens (tertiary/aromatic N) is 3. The number of ether oxygens (including phenoxy) is 1. The van der Waals surface area contributed by atoms with Gasteiger partial charge in [-0.05, 0) is 6.07 Å². The molecule has 0 saturated carbocycles. The summed E-state index contributed by atoms with van der Waals surface area (Å²) in [6.45, 7) is 0.573. The molecular formula is C13H14F3N5O. The quantitative estimate of drug-likeness (QED) is 0.651. The normalized spacial score (nSPS) is 12.8. The van der Waals surface area contributed by atoms with Crippen molar-refractivity contribution in [2.75, 3.05) is 12.0 Å². The molecule has 0 radical (unpaired) electrons. The highest BCUT2D eigenvalue weighted by Gasteiger charge is 2.36. The van der Waals surface area contributed by atoms with E-state index in [1.54, 1.807) is 6.07 Å². The Morgan fingerprint density at radius 2 is 1.95 bits per heavy atom. The molecule has 6 nitrogen and oxygen atoms in total. The Balaban J connectivity index is 2.00. The maximum absolute atomic E-state index is 12.4. The Labute approximate surface area is 124 Å². The van der Waals surface area contributed by atoms with Gasteiger partial charge in [0.25, 0.3) is 0 Å². The molecule has 118 valence electrons. The van der Waals surface area contributed by atoms with E-state index in [1.165, 1.54) is 24.7 Å². The number of halogens is 3. The topological polar surface area (TPSA) is 86.0 Å². The fourth-order valence-corrected chi connectivity index (χ4v) is 1.47. The first kappa shape index (κ1) is 16.0. The number of hydrazine groups is 1. The molecule has 0 aliphatic heterocycles. The summed E-state index contributed by atoms with van der Waals surface area (Å²) in [6.07, 6.45) is 0.116. The molecule has 0 bridgehead atoms. The van der Waals surface area contributed by atoms with Gasteiger partial charge in [-0.15, -0.1) is 0 Å². The van der Waals surface area contributed by atoms with Crippen LogP contribution in [0.25, 0.3) is 11.3 Å². The third kappa shape index (κ3) is 4.04. The van der Waals surface area contributed by atoms with Crippen LogP contribution in [0.4, 0.5) is 19.0 Å². The lowest BCUT2D eigenvalue weighted by atomic mass is 10.2. The van der Waals surface area contributed by atoms with E-state index in [-0.39, 0.29) is 5.88 Å². The van der Waals surface area contributed by atoms with Crippen LogP contribution in [0.1, 0.15) is 6.92 Å². The first-order chi connectivity index (χ1) is 10.4. The predicted octanol–water partition coefficient (Wildman–Crippen LogP) is 2.40. The van der Waals surface area contributed by atoms with Crippen LogP contribution in [-0.4, -0.2) is 27.7 Å². The molecule has 3 N–H and O–H groups in total. The molecular weight excluding hydrogens is 299 g/mol. The van der Waals surface area contributed by atoms with Crippen LogP contribution < -0.4 is 16.0 Å². The van der Waals surface area contributed by atoms with E-state index >= 15 is 0 Å². The van der Waals surface area contributed by atoms with E-state index in [9.17, 15) is 13.2 Å². The zero-order valence-corrected chi connectivity index (χ0v) is 11.6. The average Bonchev–Trinajstić information content (AvgIpc) is 2.52. The summed E-state index contributed by atoms with van der Waals surface area (Å²) >= 11 is 0. The van der Waals surface area contributed by atoms with Crippen molar-refractivity contribution in [2.45, 2.75) is 13.1 Å². The zero-order chi connectivity index (χ0) is 16.2. The van der Waals surface area contributed by atoms with Gasteiger partial charge in [0.2, 0.25) is 5.88 Å². The van der Waals surface area contributed by atoms with Crippen LogP contribution in [0.15, 0.2) is 30.7 Å². The number of hydrogen-bond acceptors (Lipinski definition) is 6. The molecule has 0 amide bonds. The highest BCUT2D eigenvalue weighted by atomic mass is 19.4. The summed E-state index contributed by atoms with van der Waals surface area (Å²) < 4.78 is 42.1. The first-order valence-corrected chi connectivity index (χ1v) is 6.34. The van der Waals surface area contributed by atoms with Crippen molar-refractivity contribution in [2.24, 2.45) is 11.8 Å². The summed E-state index contributed by atoms with van der Waals surface area (Å²) in [4.78, 5) is 12.1. The Morgan fingerprint density at radius 3 is 2.45 bits per heavy atom. The van der Waals surface area contributed by atoms with Crippen molar-refractivity contribution >= 4 is 5.82 Å². The molecule has 2 aromatic rings. The largest absolute Gasteiger partial charge is 0.477 e. The molecule has 1 atom stereocenters. The number of nitrogens with one attached hydrogen (secondary N) is 1. The Morgan fingerprint density at radius 1 is 1.18 bits per heavy atom. The number of anilines is 1. The molecule has 0 aliphatic carbocycles. The second-order valence-electron chi connectivity index (χ2n) is 4.57. The van der Waals surface area contributed by atoms with Crippen molar-refractivity contribution in [1.82, 2.24) is 15.0 Å². The van der Waals surface area contributed by atoms with E-state index in [4.69, 9.17) is 10.6 Å². The maximum Gasteiger partial charge on any atom is 0.394 e. The minimum atomic E-state index is -4.28. The number of pyridine rings is 1. The Hall–Kier alpha value is -2.42. The smallest absolute Gasteiger partial charge is 0.394 e. The minimum absolute atomic E-state index is 0.119. The van der Waals surface area contributed by atoms with Crippen molar-refractivity contribution < 1.29 is 17.9 Å². The zero-order valence-electron chi connectivity index (χ0n) is 11.6. The van der Waals surface area contributed by atoms with Gasteiger partial charge in [-0.25, -0.2) is 15.8 Å². The van der Waals surface area contributed by atoms with Crippen molar-refractivity contribution in [3.8, 4) is 17.1 Å². The minimum Gasteiger partial charge on any atom is -0.477 e. The molecule has 9 heteroatoms. The SMILES string of the molecule is CC(COc1ccc(-c2cnc(NN)cn2)cn1)C(F)(F)F. The molecule has 0 fully saturated rings. The fraction of sp³-hybridized carbons (Fsp3) is 0.308. The van der Waals surface area contributed by atoms with Gasteiger partial charge in [-0.2, -0.15) is 13.2 Å². The molecule has 2 rings (SSSR count). The van der Waals surface area contributed by atoms with E-state index < -0.39 is 18.7 Å². The first-order valence-electron chi connectivity index (χ1n) is 6.34. The number of hydrogen-bond donors (Lipinski definition) is 2. The van der Waals surface area contributed by atoms with Gasteiger partial charge >= 0.3 is 6.18 Å². The molecule has 0 saturated heterocycles. The fourth-order valence-electron chi connectivity index (χ4n) is 1.47. The van der Waals surface area contributed by atoms with Crippen LogP contribution in [0, 0.1) is 5.92 Å². The van der Waals surface area contributed by atoms with Crippen molar-refractivity contribution in [3.05, 3.63) is 30.7 Å². The summed E-state index contributed by atoms with van der Waals surface area (Å²) in [5.41, 5.74) is 3.57. The lowest BCUT2D eigenvalue weighted by Crippen LogP contribution is -2.25. The summed E-state index contributed by atoms with van der Waals surface area (Å²) in [5.74, 6) is 4.16. The number of aromatic nitrogens is 3. The molecule has 22 heavy (non-hydrogen) atoms. The number of nitrogens with two attached hydrogens (primary N) is 1. The average molecular weight is 313 g/mol. The number of nitrogen functional groups attached to an aromatic ring is 1. The van der Waals surface area contributed by atoms with Crippen LogP contribution in [0.2, 0.25) is 0 Å². The second kappa shape index (κ2) is 6.56. The van der Waals surface area contributed by atoms with Gasteiger partial charge in [0, 0.05) is 17.8 Å². The lowest BCUT2D eigenvalue weighted by molar-refractivity contribution is -0.176. The summed E-state index contributed by atoms with van der Waals surface area (Å²) in [5, 5.41) is 0. The van der Waals surface area contributed by atoms with Gasteiger partial charge in [0.1, 0.15) is 6.61 Å². The highest BCUT2D eigenvalue weighted by molar-refractivity contribution is 5.57. The van der Waals surface area contributed by atoms with Gasteiger partial charge in [-0.3, -0.25) is 4.98 Å². The second-order valence-corrected chi connectivity index (χ2v) is 4.57. The predicted molar refractivity (Wildman–Crippen MR) is 73.8 cm³/mol. The molecule has 0 aliphatic rings. The van der Waals surface area contributed by atoms with E-state index in [2.05, 4.69) is 20.4 Å². The highest BCUT2D eigenvalue weighted by Crippen LogP contribution is 2.26. The van der Waals surface area contributed by atoms with Gasteiger partial charge in [-0.1, -0.05) is 6.92 Å². The molecule has 0 aromatic carbocycles. The van der Waals surface area contributed by atoms with Crippen LogP contribution in [0.5, 0.6) is 5.88 Å². The van der Waals surface area contributed by atoms with E-state index in [0.29, 0.717) is 17.1 Å². The Kier molecular flexibility index (Phi) is 4.76. The third-order valence-corrected chi connectivity index (χ3v) is 2.87. The molecule has 2 heterocycles. The van der Waals surface area contributed by atoms with Gasteiger partial charge < -0.3 is 10.2 Å². The number of rotatable bonds is 5. The standard InChI is InChI=1S/C13H14F3N5O/c1-8(13(14,15)16)7-22-12-3-2-9(4-20-12)10-5-19-11(21-17)6-18-10/h2-6,8H,7,17H2,1H3,(H,19,21). The lowest BCUT2D eigenvalue weighted by Gasteiger charge is -2.15. The van der Waals surface area contributed by atoms with Gasteiger partial charge in [0.15, 0.2) is 5.82 Å². The summed E-state index contributed by atoms with van der Waals surface area (Å²) in [6, 6.07) is 3.12. The monoisotopic (exact) mass is 313 g/mol. The van der Waals surface area contributed by atoms with Crippen molar-refractivity contribution in [1.29, 1.82) is 0 Å². The third-order valence-electron chi connectivity index (χ3n) is 2.87. The van der Waals surface area contributed by atoms with Gasteiger partial charge in [0.05, 0.1) is 24.0 Å². The van der Waals surface area contributed by atoms with Crippen LogP contribution in [-0.2, 0) is 0 Å². The van der Waals surface area contributed by atoms with Crippen LogP contribution >= 0.6 is 0 Å². The summed E-state index contributed by atoms with van der Waals surface area (Å²) in [7, 11) is 0. The number of alkyl halides is 3. The Bertz CT molecular complexity index is 601. The van der Waals surface area contributed by atoms with E-state index in [0.717, 1.165) is 6.92 Å². The molecule has 2 aromatic heterocycles. The maximum atomic E-state index is 12.4. The van der Waals surface area contributed by atoms with E-state index in [1.807, 2.05) is 0 Å².